The molecule has 0 fully saturated rings. The fraction of sp³-hybridized carbons (Fsp3) is 0.364. The monoisotopic (exact) mass is 258 g/mol. The molecule has 1 aromatic rings. The standard InChI is InChI=1S/C11H14O5S/c1-3-16-11(13)8(2)17(14,15)10-6-4-9(12)5-7-10/h4-8,12H,3H2,1-2H3. The Hall–Kier alpha value is -1.56. The molecule has 6 heteroatoms. The van der Waals surface area contributed by atoms with E-state index in [1.54, 1.807) is 6.92 Å². The number of ether oxygens (including phenoxy) is 1. The summed E-state index contributed by atoms with van der Waals surface area (Å²) in [6, 6.07) is 5.01. The summed E-state index contributed by atoms with van der Waals surface area (Å²) in [6.45, 7) is 3.02. The molecule has 0 amide bonds. The molecule has 1 N–H and O–H groups in total. The van der Waals surface area contributed by atoms with Crippen molar-refractivity contribution < 1.29 is 23.1 Å². The van der Waals surface area contributed by atoms with Gasteiger partial charge in [-0.3, -0.25) is 4.79 Å². The van der Waals surface area contributed by atoms with Gasteiger partial charge < -0.3 is 9.84 Å². The predicted molar refractivity (Wildman–Crippen MR) is 61.4 cm³/mol. The zero-order valence-electron chi connectivity index (χ0n) is 9.58. The summed E-state index contributed by atoms with van der Waals surface area (Å²) >= 11 is 0. The molecule has 0 aromatic heterocycles. The van der Waals surface area contributed by atoms with Crippen molar-refractivity contribution in [3.63, 3.8) is 0 Å². The van der Waals surface area contributed by atoms with Crippen LogP contribution in [0, 0.1) is 0 Å². The molecule has 0 saturated carbocycles. The van der Waals surface area contributed by atoms with Crippen molar-refractivity contribution in [2.75, 3.05) is 6.61 Å². The Balaban J connectivity index is 3.03. The first-order valence-electron chi connectivity index (χ1n) is 5.09. The van der Waals surface area contributed by atoms with E-state index in [-0.39, 0.29) is 17.3 Å². The Labute approximate surface area is 100.0 Å². The Bertz CT molecular complexity index is 489. The Kier molecular flexibility index (Phi) is 4.11. The second-order valence-electron chi connectivity index (χ2n) is 3.43. The van der Waals surface area contributed by atoms with Crippen molar-refractivity contribution >= 4 is 15.8 Å². The molecule has 1 rings (SSSR count). The Morgan fingerprint density at radius 2 is 1.88 bits per heavy atom. The number of benzene rings is 1. The van der Waals surface area contributed by atoms with Crippen LogP contribution in [0.5, 0.6) is 5.75 Å². The van der Waals surface area contributed by atoms with E-state index in [4.69, 9.17) is 5.11 Å². The summed E-state index contributed by atoms with van der Waals surface area (Å²) in [5.41, 5.74) is 0. The molecule has 0 aliphatic rings. The van der Waals surface area contributed by atoms with Crippen molar-refractivity contribution in [1.29, 1.82) is 0 Å². The number of hydrogen-bond donors (Lipinski definition) is 1. The number of rotatable bonds is 4. The fourth-order valence-corrected chi connectivity index (χ4v) is 2.47. The van der Waals surface area contributed by atoms with Crippen molar-refractivity contribution in [3.8, 4) is 5.75 Å². The van der Waals surface area contributed by atoms with Gasteiger partial charge in [-0.05, 0) is 38.1 Å². The van der Waals surface area contributed by atoms with Gasteiger partial charge >= 0.3 is 5.97 Å². The second kappa shape index (κ2) is 5.18. The number of esters is 1. The topological polar surface area (TPSA) is 80.7 Å². The highest BCUT2D eigenvalue weighted by molar-refractivity contribution is 7.92. The average molecular weight is 258 g/mol. The van der Waals surface area contributed by atoms with Crippen LogP contribution in [-0.2, 0) is 19.4 Å². The highest BCUT2D eigenvalue weighted by Crippen LogP contribution is 2.19. The summed E-state index contributed by atoms with van der Waals surface area (Å²) in [7, 11) is -3.76. The van der Waals surface area contributed by atoms with E-state index in [2.05, 4.69) is 4.74 Å². The fourth-order valence-electron chi connectivity index (χ4n) is 1.23. The molecule has 94 valence electrons. The Morgan fingerprint density at radius 1 is 1.35 bits per heavy atom. The van der Waals surface area contributed by atoms with Gasteiger partial charge in [0.05, 0.1) is 11.5 Å². The highest BCUT2D eigenvalue weighted by Gasteiger charge is 2.30. The molecule has 0 radical (unpaired) electrons. The minimum atomic E-state index is -3.76. The minimum absolute atomic E-state index is 0.0177. The maximum Gasteiger partial charge on any atom is 0.324 e. The lowest BCUT2D eigenvalue weighted by Crippen LogP contribution is -2.29. The van der Waals surface area contributed by atoms with Gasteiger partial charge in [0, 0.05) is 0 Å². The van der Waals surface area contributed by atoms with Crippen LogP contribution in [-0.4, -0.2) is 31.4 Å². The molecular formula is C11H14O5S. The van der Waals surface area contributed by atoms with E-state index in [1.165, 1.54) is 31.2 Å². The summed E-state index contributed by atoms with van der Waals surface area (Å²) in [5, 5.41) is 7.81. The van der Waals surface area contributed by atoms with E-state index in [9.17, 15) is 13.2 Å². The third kappa shape index (κ3) is 2.97. The lowest BCUT2D eigenvalue weighted by Gasteiger charge is -2.11. The zero-order chi connectivity index (χ0) is 13.1. The lowest BCUT2D eigenvalue weighted by molar-refractivity contribution is -0.142. The molecule has 17 heavy (non-hydrogen) atoms. The van der Waals surface area contributed by atoms with Gasteiger partial charge in [0.2, 0.25) is 0 Å². The van der Waals surface area contributed by atoms with Crippen molar-refractivity contribution in [1.82, 2.24) is 0 Å². The lowest BCUT2D eigenvalue weighted by atomic mass is 10.3. The highest BCUT2D eigenvalue weighted by atomic mass is 32.2. The summed E-state index contributed by atoms with van der Waals surface area (Å²) in [6.07, 6.45) is 0. The second-order valence-corrected chi connectivity index (χ2v) is 5.70. The first kappa shape index (κ1) is 13.5. The van der Waals surface area contributed by atoms with E-state index < -0.39 is 21.1 Å². The molecule has 0 heterocycles. The molecule has 0 bridgehead atoms. The summed E-state index contributed by atoms with van der Waals surface area (Å²) in [5.74, 6) is -0.812. The maximum atomic E-state index is 12.0. The van der Waals surface area contributed by atoms with Crippen LogP contribution in [0.3, 0.4) is 0 Å². The number of aromatic hydroxyl groups is 1. The van der Waals surface area contributed by atoms with Crippen LogP contribution in [0.2, 0.25) is 0 Å². The van der Waals surface area contributed by atoms with Gasteiger partial charge in [0.15, 0.2) is 15.1 Å². The van der Waals surface area contributed by atoms with Crippen LogP contribution in [0.1, 0.15) is 13.8 Å². The normalized spacial score (nSPS) is 13.1. The number of phenols is 1. The summed E-state index contributed by atoms with van der Waals surface area (Å²) < 4.78 is 28.6. The van der Waals surface area contributed by atoms with Crippen molar-refractivity contribution in [2.45, 2.75) is 24.0 Å². The van der Waals surface area contributed by atoms with E-state index in [1.807, 2.05) is 0 Å². The minimum Gasteiger partial charge on any atom is -0.508 e. The number of sulfone groups is 1. The molecule has 1 atom stereocenters. The number of carbonyl (C=O) groups is 1. The van der Waals surface area contributed by atoms with Crippen molar-refractivity contribution in [2.24, 2.45) is 0 Å². The first-order chi connectivity index (χ1) is 7.89. The molecular weight excluding hydrogens is 244 g/mol. The van der Waals surface area contributed by atoms with Gasteiger partial charge in [-0.1, -0.05) is 0 Å². The van der Waals surface area contributed by atoms with Gasteiger partial charge in [-0.15, -0.1) is 0 Å². The van der Waals surface area contributed by atoms with Gasteiger partial charge in [-0.25, -0.2) is 8.42 Å². The first-order valence-corrected chi connectivity index (χ1v) is 6.63. The number of phenolic OH excluding ortho intramolecular Hbond substituents is 1. The van der Waals surface area contributed by atoms with Crippen LogP contribution >= 0.6 is 0 Å². The zero-order valence-corrected chi connectivity index (χ0v) is 10.4. The molecule has 0 spiro atoms. The van der Waals surface area contributed by atoms with Crippen LogP contribution in [0.15, 0.2) is 29.2 Å². The number of carbonyl (C=O) groups excluding carboxylic acids is 1. The van der Waals surface area contributed by atoms with Gasteiger partial charge in [-0.2, -0.15) is 0 Å². The third-order valence-corrected chi connectivity index (χ3v) is 4.30. The van der Waals surface area contributed by atoms with Crippen LogP contribution < -0.4 is 0 Å². The molecule has 0 aliphatic carbocycles. The molecule has 1 unspecified atom stereocenters. The van der Waals surface area contributed by atoms with E-state index >= 15 is 0 Å². The van der Waals surface area contributed by atoms with E-state index in [0.717, 1.165) is 0 Å². The largest absolute Gasteiger partial charge is 0.508 e. The smallest absolute Gasteiger partial charge is 0.324 e. The van der Waals surface area contributed by atoms with Gasteiger partial charge in [0.1, 0.15) is 5.75 Å². The van der Waals surface area contributed by atoms with Crippen LogP contribution in [0.4, 0.5) is 0 Å². The van der Waals surface area contributed by atoms with Crippen LogP contribution in [0.25, 0.3) is 0 Å². The third-order valence-electron chi connectivity index (χ3n) is 2.25. The average Bonchev–Trinajstić information content (AvgIpc) is 2.29. The molecule has 0 aliphatic heterocycles. The van der Waals surface area contributed by atoms with Gasteiger partial charge in [0.25, 0.3) is 0 Å². The quantitative estimate of drug-likeness (QED) is 0.818. The Morgan fingerprint density at radius 3 is 2.35 bits per heavy atom. The molecule has 5 nitrogen and oxygen atoms in total. The molecule has 0 saturated heterocycles. The maximum absolute atomic E-state index is 12.0. The number of hydrogen-bond acceptors (Lipinski definition) is 5. The molecule has 1 aromatic carbocycles. The SMILES string of the molecule is CCOC(=O)C(C)S(=O)(=O)c1ccc(O)cc1. The van der Waals surface area contributed by atoms with Crippen molar-refractivity contribution in [3.05, 3.63) is 24.3 Å². The van der Waals surface area contributed by atoms with E-state index in [0.29, 0.717) is 0 Å². The summed E-state index contributed by atoms with van der Waals surface area (Å²) in [4.78, 5) is 11.4. The predicted octanol–water partition coefficient (Wildman–Crippen LogP) is 1.12.